The van der Waals surface area contributed by atoms with Crippen molar-refractivity contribution in [3.8, 4) is 0 Å². The minimum absolute atomic E-state index is 0.456. The largest absolute Gasteiger partial charge is 0.356 e. The molecule has 0 spiro atoms. The molecular formula is C20H29N5O2S2. The van der Waals surface area contributed by atoms with Crippen molar-refractivity contribution >= 4 is 33.0 Å². The highest BCUT2D eigenvalue weighted by atomic mass is 32.2. The van der Waals surface area contributed by atoms with Crippen molar-refractivity contribution in [2.45, 2.75) is 38.5 Å². The third-order valence-corrected chi connectivity index (χ3v) is 8.92. The van der Waals surface area contributed by atoms with Gasteiger partial charge in [-0.25, -0.2) is 18.4 Å². The fourth-order valence-electron chi connectivity index (χ4n) is 4.24. The first-order valence-corrected chi connectivity index (χ1v) is 12.5. The maximum Gasteiger partial charge on any atom is 0.244 e. The first-order chi connectivity index (χ1) is 13.8. The predicted molar refractivity (Wildman–Crippen MR) is 117 cm³/mol. The molecule has 4 heterocycles. The van der Waals surface area contributed by atoms with Crippen LogP contribution in [-0.2, 0) is 10.0 Å². The molecule has 7 nitrogen and oxygen atoms in total. The third kappa shape index (κ3) is 4.27. The molecule has 1 atom stereocenters. The molecular weight excluding hydrogens is 406 g/mol. The van der Waals surface area contributed by atoms with Gasteiger partial charge in [0.1, 0.15) is 18.0 Å². The van der Waals surface area contributed by atoms with Gasteiger partial charge in [0.25, 0.3) is 0 Å². The quantitative estimate of drug-likeness (QED) is 0.736. The van der Waals surface area contributed by atoms with E-state index < -0.39 is 10.0 Å². The van der Waals surface area contributed by atoms with Gasteiger partial charge >= 0.3 is 0 Å². The summed E-state index contributed by atoms with van der Waals surface area (Å²) in [5.74, 6) is 2.54. The smallest absolute Gasteiger partial charge is 0.244 e. The average Bonchev–Trinajstić information content (AvgIpc) is 3.07. The van der Waals surface area contributed by atoms with E-state index in [0.717, 1.165) is 34.5 Å². The molecule has 1 unspecified atom stereocenters. The van der Waals surface area contributed by atoms with E-state index >= 15 is 0 Å². The molecule has 158 valence electrons. The normalized spacial score (nSPS) is 21.6. The Morgan fingerprint density at radius 3 is 2.31 bits per heavy atom. The summed E-state index contributed by atoms with van der Waals surface area (Å²) in [7, 11) is -3.43. The summed E-state index contributed by atoms with van der Waals surface area (Å²) in [6.45, 7) is 10.4. The van der Waals surface area contributed by atoms with Gasteiger partial charge in [-0.1, -0.05) is 6.92 Å². The standard InChI is InChI=1S/C20H29N5O2S2/c1-15-5-4-6-24(13-15)20-12-19(21-14-22-20)23-7-9-25(10-8-23)29(26,27)18-11-16(2)28-17(18)3/h11-12,14-15H,4-10,13H2,1-3H3. The Morgan fingerprint density at radius 2 is 1.69 bits per heavy atom. The number of piperazine rings is 1. The summed E-state index contributed by atoms with van der Waals surface area (Å²) in [6.07, 6.45) is 4.09. The topological polar surface area (TPSA) is 69.6 Å². The molecule has 9 heteroatoms. The van der Waals surface area contributed by atoms with Crippen molar-refractivity contribution in [3.63, 3.8) is 0 Å². The van der Waals surface area contributed by atoms with Crippen molar-refractivity contribution in [1.82, 2.24) is 14.3 Å². The van der Waals surface area contributed by atoms with Crippen molar-refractivity contribution < 1.29 is 8.42 Å². The van der Waals surface area contributed by atoms with E-state index in [4.69, 9.17) is 0 Å². The van der Waals surface area contributed by atoms with E-state index in [-0.39, 0.29) is 0 Å². The molecule has 2 aromatic heterocycles. The average molecular weight is 436 g/mol. The predicted octanol–water partition coefficient (Wildman–Crippen LogP) is 2.90. The van der Waals surface area contributed by atoms with Crippen molar-refractivity contribution in [2.24, 2.45) is 5.92 Å². The molecule has 0 saturated carbocycles. The lowest BCUT2D eigenvalue weighted by molar-refractivity contribution is 0.383. The number of piperidine rings is 1. The SMILES string of the molecule is Cc1cc(S(=O)(=O)N2CCN(c3cc(N4CCCC(C)C4)ncn3)CC2)c(C)s1. The molecule has 2 aliphatic rings. The van der Waals surface area contributed by atoms with E-state index in [0.29, 0.717) is 37.0 Å². The van der Waals surface area contributed by atoms with Crippen LogP contribution in [0.5, 0.6) is 0 Å². The minimum Gasteiger partial charge on any atom is -0.356 e. The van der Waals surface area contributed by atoms with Gasteiger partial charge in [-0.15, -0.1) is 11.3 Å². The summed E-state index contributed by atoms with van der Waals surface area (Å²) in [5.41, 5.74) is 0. The van der Waals surface area contributed by atoms with Crippen LogP contribution in [-0.4, -0.2) is 62.0 Å². The summed E-state index contributed by atoms with van der Waals surface area (Å²) in [4.78, 5) is 15.8. The van der Waals surface area contributed by atoms with Crippen LogP contribution in [0.4, 0.5) is 11.6 Å². The van der Waals surface area contributed by atoms with E-state index in [9.17, 15) is 8.42 Å². The van der Waals surface area contributed by atoms with E-state index in [1.54, 1.807) is 16.7 Å². The van der Waals surface area contributed by atoms with Gasteiger partial charge in [0.05, 0.1) is 4.90 Å². The van der Waals surface area contributed by atoms with E-state index in [1.165, 1.54) is 24.2 Å². The molecule has 4 rings (SSSR count). The molecule has 29 heavy (non-hydrogen) atoms. The van der Waals surface area contributed by atoms with Crippen molar-refractivity contribution in [2.75, 3.05) is 49.1 Å². The van der Waals surface area contributed by atoms with Crippen LogP contribution in [0.15, 0.2) is 23.4 Å². The van der Waals surface area contributed by atoms with Crippen LogP contribution in [0, 0.1) is 19.8 Å². The van der Waals surface area contributed by atoms with E-state index in [2.05, 4.69) is 32.8 Å². The van der Waals surface area contributed by atoms with Gasteiger partial charge in [-0.05, 0) is 38.7 Å². The Morgan fingerprint density at radius 1 is 1.00 bits per heavy atom. The molecule has 0 N–H and O–H groups in total. The lowest BCUT2D eigenvalue weighted by atomic mass is 10.0. The Hall–Kier alpha value is -1.71. The molecule has 2 fully saturated rings. The van der Waals surface area contributed by atoms with Crippen LogP contribution in [0.2, 0.25) is 0 Å². The van der Waals surface area contributed by atoms with Gasteiger partial charge in [0, 0.05) is 55.1 Å². The molecule has 0 amide bonds. The number of hydrogen-bond donors (Lipinski definition) is 0. The number of nitrogens with zero attached hydrogens (tertiary/aromatic N) is 5. The van der Waals surface area contributed by atoms with Gasteiger partial charge in [-0.2, -0.15) is 4.31 Å². The highest BCUT2D eigenvalue weighted by molar-refractivity contribution is 7.89. The molecule has 0 bridgehead atoms. The van der Waals surface area contributed by atoms with Crippen molar-refractivity contribution in [3.05, 3.63) is 28.2 Å². The van der Waals surface area contributed by atoms with Crippen LogP contribution in [0.25, 0.3) is 0 Å². The zero-order valence-corrected chi connectivity index (χ0v) is 19.0. The van der Waals surface area contributed by atoms with Crippen LogP contribution < -0.4 is 9.80 Å². The highest BCUT2D eigenvalue weighted by Crippen LogP contribution is 2.29. The number of thiophene rings is 1. The second-order valence-electron chi connectivity index (χ2n) is 8.10. The van der Waals surface area contributed by atoms with E-state index in [1.807, 2.05) is 13.8 Å². The summed E-state index contributed by atoms with van der Waals surface area (Å²) < 4.78 is 27.7. The van der Waals surface area contributed by atoms with Gasteiger partial charge in [-0.3, -0.25) is 0 Å². The highest BCUT2D eigenvalue weighted by Gasteiger charge is 2.31. The summed E-state index contributed by atoms with van der Waals surface area (Å²) >= 11 is 1.53. The lowest BCUT2D eigenvalue weighted by Crippen LogP contribution is -2.49. The third-order valence-electron chi connectivity index (χ3n) is 5.80. The molecule has 0 aliphatic carbocycles. The maximum absolute atomic E-state index is 13.0. The number of aromatic nitrogens is 2. The van der Waals surface area contributed by atoms with Gasteiger partial charge < -0.3 is 9.80 Å². The fraction of sp³-hybridized carbons (Fsp3) is 0.600. The molecule has 2 saturated heterocycles. The Kier molecular flexibility index (Phi) is 5.81. The maximum atomic E-state index is 13.0. The van der Waals surface area contributed by atoms with Gasteiger partial charge in [0.15, 0.2) is 0 Å². The lowest BCUT2D eigenvalue weighted by Gasteiger charge is -2.35. The number of sulfonamides is 1. The Labute approximate surface area is 177 Å². The fourth-order valence-corrected chi connectivity index (χ4v) is 7.19. The Balaban J connectivity index is 1.45. The molecule has 2 aromatic rings. The zero-order chi connectivity index (χ0) is 20.6. The second-order valence-corrected chi connectivity index (χ2v) is 11.5. The molecule has 2 aliphatic heterocycles. The first kappa shape index (κ1) is 20.6. The second kappa shape index (κ2) is 8.20. The first-order valence-electron chi connectivity index (χ1n) is 10.2. The number of hydrogen-bond acceptors (Lipinski definition) is 7. The zero-order valence-electron chi connectivity index (χ0n) is 17.3. The number of rotatable bonds is 4. The molecule has 0 radical (unpaired) electrons. The van der Waals surface area contributed by atoms with Gasteiger partial charge in [0.2, 0.25) is 10.0 Å². The Bertz CT molecular complexity index is 967. The number of aryl methyl sites for hydroxylation is 2. The van der Waals surface area contributed by atoms with Crippen LogP contribution in [0.1, 0.15) is 29.5 Å². The van der Waals surface area contributed by atoms with Crippen molar-refractivity contribution in [1.29, 1.82) is 0 Å². The monoisotopic (exact) mass is 435 g/mol. The summed E-state index contributed by atoms with van der Waals surface area (Å²) in [6, 6.07) is 3.84. The summed E-state index contributed by atoms with van der Waals surface area (Å²) in [5, 5.41) is 0. The molecule has 0 aromatic carbocycles. The minimum atomic E-state index is -3.43. The number of anilines is 2. The van der Waals surface area contributed by atoms with Crippen LogP contribution in [0.3, 0.4) is 0 Å². The van der Waals surface area contributed by atoms with Crippen LogP contribution >= 0.6 is 11.3 Å².